The van der Waals surface area contributed by atoms with Crippen LogP contribution in [0, 0.1) is 0 Å². The topological polar surface area (TPSA) is 47.9 Å². The summed E-state index contributed by atoms with van der Waals surface area (Å²) >= 11 is 0. The number of methoxy groups -OCH3 is 1. The maximum Gasteiger partial charge on any atom is 0.165 e. The second-order valence-corrected chi connectivity index (χ2v) is 5.20. The number of aliphatic hydroxyl groups excluding tert-OH is 1. The fourth-order valence-corrected chi connectivity index (χ4v) is 2.13. The SMILES string of the molecule is COCC(O)COc1cccc2c1OC(C)(C)C2. The molecule has 1 aliphatic rings. The summed E-state index contributed by atoms with van der Waals surface area (Å²) in [6.45, 7) is 4.57. The molecular weight excluding hydrogens is 232 g/mol. The highest BCUT2D eigenvalue weighted by atomic mass is 16.5. The minimum Gasteiger partial charge on any atom is -0.487 e. The van der Waals surface area contributed by atoms with Crippen LogP contribution in [0.3, 0.4) is 0 Å². The molecule has 0 saturated heterocycles. The minimum atomic E-state index is -0.625. The van der Waals surface area contributed by atoms with Gasteiger partial charge in [0.2, 0.25) is 0 Å². The molecule has 18 heavy (non-hydrogen) atoms. The molecule has 0 radical (unpaired) electrons. The standard InChI is InChI=1S/C14H20O4/c1-14(2)7-10-5-4-6-12(13(10)18-14)17-9-11(15)8-16-3/h4-6,11,15H,7-9H2,1-3H3. The van der Waals surface area contributed by atoms with Crippen molar-refractivity contribution < 1.29 is 19.3 Å². The van der Waals surface area contributed by atoms with E-state index >= 15 is 0 Å². The Hall–Kier alpha value is -1.26. The number of hydrogen-bond acceptors (Lipinski definition) is 4. The third-order valence-electron chi connectivity index (χ3n) is 2.85. The van der Waals surface area contributed by atoms with Crippen LogP contribution < -0.4 is 9.47 Å². The van der Waals surface area contributed by atoms with Crippen molar-refractivity contribution in [1.29, 1.82) is 0 Å². The van der Waals surface area contributed by atoms with E-state index in [4.69, 9.17) is 14.2 Å². The van der Waals surface area contributed by atoms with Gasteiger partial charge in [0.1, 0.15) is 18.3 Å². The van der Waals surface area contributed by atoms with Crippen LogP contribution in [0.1, 0.15) is 19.4 Å². The summed E-state index contributed by atoms with van der Waals surface area (Å²) in [6, 6.07) is 5.85. The number of fused-ring (bicyclic) bond motifs is 1. The van der Waals surface area contributed by atoms with Crippen LogP contribution in [0.25, 0.3) is 0 Å². The van der Waals surface area contributed by atoms with Gasteiger partial charge in [-0.1, -0.05) is 12.1 Å². The van der Waals surface area contributed by atoms with Gasteiger partial charge in [-0.05, 0) is 19.9 Å². The van der Waals surface area contributed by atoms with Crippen LogP contribution >= 0.6 is 0 Å². The maximum atomic E-state index is 9.57. The quantitative estimate of drug-likeness (QED) is 0.868. The zero-order valence-electron chi connectivity index (χ0n) is 11.1. The molecule has 1 unspecified atom stereocenters. The number of rotatable bonds is 5. The van der Waals surface area contributed by atoms with Crippen LogP contribution in [0.4, 0.5) is 0 Å². The molecule has 1 atom stereocenters. The third-order valence-corrected chi connectivity index (χ3v) is 2.85. The summed E-state index contributed by atoms with van der Waals surface area (Å²) in [5.41, 5.74) is 0.964. The van der Waals surface area contributed by atoms with E-state index in [9.17, 15) is 5.11 Å². The molecule has 1 aromatic carbocycles. The largest absolute Gasteiger partial charge is 0.487 e. The Bertz CT molecular complexity index is 414. The van der Waals surface area contributed by atoms with Crippen molar-refractivity contribution in [3.05, 3.63) is 23.8 Å². The maximum absolute atomic E-state index is 9.57. The van der Waals surface area contributed by atoms with Gasteiger partial charge in [-0.2, -0.15) is 0 Å². The third kappa shape index (κ3) is 2.94. The van der Waals surface area contributed by atoms with E-state index in [1.165, 1.54) is 0 Å². The molecule has 0 saturated carbocycles. The van der Waals surface area contributed by atoms with E-state index in [0.29, 0.717) is 5.75 Å². The van der Waals surface area contributed by atoms with Gasteiger partial charge in [-0.3, -0.25) is 0 Å². The molecule has 0 spiro atoms. The van der Waals surface area contributed by atoms with Gasteiger partial charge in [0.25, 0.3) is 0 Å². The van der Waals surface area contributed by atoms with Crippen molar-refractivity contribution >= 4 is 0 Å². The summed E-state index contributed by atoms with van der Waals surface area (Å²) in [5, 5.41) is 9.57. The molecule has 1 aliphatic heterocycles. The first-order chi connectivity index (χ1) is 8.52. The van der Waals surface area contributed by atoms with Gasteiger partial charge >= 0.3 is 0 Å². The van der Waals surface area contributed by atoms with Gasteiger partial charge in [0.15, 0.2) is 11.5 Å². The number of para-hydroxylation sites is 1. The molecule has 0 bridgehead atoms. The molecular formula is C14H20O4. The Kier molecular flexibility index (Phi) is 3.78. The van der Waals surface area contributed by atoms with E-state index in [0.717, 1.165) is 17.7 Å². The smallest absolute Gasteiger partial charge is 0.165 e. The summed E-state index contributed by atoms with van der Waals surface area (Å²) in [6.07, 6.45) is 0.250. The first-order valence-corrected chi connectivity index (χ1v) is 6.12. The summed E-state index contributed by atoms with van der Waals surface area (Å²) in [4.78, 5) is 0. The first-order valence-electron chi connectivity index (χ1n) is 6.12. The molecule has 1 heterocycles. The van der Waals surface area contributed by atoms with Crippen molar-refractivity contribution in [1.82, 2.24) is 0 Å². The highest BCUT2D eigenvalue weighted by molar-refractivity contribution is 5.50. The van der Waals surface area contributed by atoms with E-state index < -0.39 is 6.10 Å². The second-order valence-electron chi connectivity index (χ2n) is 5.20. The molecule has 1 aromatic rings. The molecule has 1 N–H and O–H groups in total. The minimum absolute atomic E-state index is 0.188. The normalized spacial score (nSPS) is 18.0. The average Bonchev–Trinajstić information content (AvgIpc) is 2.61. The van der Waals surface area contributed by atoms with Crippen molar-refractivity contribution in [2.45, 2.75) is 32.0 Å². The first kappa shape index (κ1) is 13.2. The monoisotopic (exact) mass is 252 g/mol. The fraction of sp³-hybridized carbons (Fsp3) is 0.571. The van der Waals surface area contributed by atoms with Gasteiger partial charge in [0.05, 0.1) is 6.61 Å². The number of hydrogen-bond donors (Lipinski definition) is 1. The molecule has 0 fully saturated rings. The predicted octanol–water partition coefficient (Wildman–Crippen LogP) is 1.79. The average molecular weight is 252 g/mol. The Morgan fingerprint density at radius 3 is 2.89 bits per heavy atom. The molecule has 100 valence electrons. The summed E-state index contributed by atoms with van der Waals surface area (Å²) < 4.78 is 16.3. The Morgan fingerprint density at radius 2 is 2.17 bits per heavy atom. The van der Waals surface area contributed by atoms with Crippen LogP contribution in [-0.4, -0.2) is 37.1 Å². The number of aliphatic hydroxyl groups is 1. The van der Waals surface area contributed by atoms with Crippen LogP contribution in [0.5, 0.6) is 11.5 Å². The lowest BCUT2D eigenvalue weighted by Crippen LogP contribution is -2.25. The highest BCUT2D eigenvalue weighted by Gasteiger charge is 2.32. The molecule has 0 aromatic heterocycles. The second kappa shape index (κ2) is 5.16. The number of benzene rings is 1. The lowest BCUT2D eigenvalue weighted by atomic mass is 10.0. The van der Waals surface area contributed by atoms with Gasteiger partial charge < -0.3 is 19.3 Å². The van der Waals surface area contributed by atoms with E-state index in [-0.39, 0.29) is 18.8 Å². The van der Waals surface area contributed by atoms with Gasteiger partial charge in [0, 0.05) is 19.1 Å². The van der Waals surface area contributed by atoms with Crippen LogP contribution in [-0.2, 0) is 11.2 Å². The lowest BCUT2D eigenvalue weighted by molar-refractivity contribution is 0.0310. The Balaban J connectivity index is 2.05. The molecule has 0 aliphatic carbocycles. The van der Waals surface area contributed by atoms with Crippen molar-refractivity contribution in [3.63, 3.8) is 0 Å². The predicted molar refractivity (Wildman–Crippen MR) is 68.2 cm³/mol. The van der Waals surface area contributed by atoms with Crippen molar-refractivity contribution in [2.75, 3.05) is 20.3 Å². The molecule has 2 rings (SSSR count). The van der Waals surface area contributed by atoms with Crippen LogP contribution in [0.15, 0.2) is 18.2 Å². The highest BCUT2D eigenvalue weighted by Crippen LogP contribution is 2.41. The zero-order chi connectivity index (χ0) is 13.2. The van der Waals surface area contributed by atoms with E-state index in [2.05, 4.69) is 13.8 Å². The molecule has 4 heteroatoms. The molecule has 0 amide bonds. The Labute approximate surface area is 107 Å². The number of ether oxygens (including phenoxy) is 3. The van der Waals surface area contributed by atoms with Crippen LogP contribution in [0.2, 0.25) is 0 Å². The molecule has 4 nitrogen and oxygen atoms in total. The fourth-order valence-electron chi connectivity index (χ4n) is 2.13. The van der Waals surface area contributed by atoms with Crippen molar-refractivity contribution in [3.8, 4) is 11.5 Å². The van der Waals surface area contributed by atoms with Gasteiger partial charge in [-0.15, -0.1) is 0 Å². The van der Waals surface area contributed by atoms with Gasteiger partial charge in [-0.25, -0.2) is 0 Å². The van der Waals surface area contributed by atoms with Crippen molar-refractivity contribution in [2.24, 2.45) is 0 Å². The summed E-state index contributed by atoms with van der Waals surface area (Å²) in [7, 11) is 1.55. The lowest BCUT2D eigenvalue weighted by Gasteiger charge is -2.18. The summed E-state index contributed by atoms with van der Waals surface area (Å²) in [5.74, 6) is 1.49. The van der Waals surface area contributed by atoms with E-state index in [1.807, 2.05) is 18.2 Å². The van der Waals surface area contributed by atoms with E-state index in [1.54, 1.807) is 7.11 Å². The Morgan fingerprint density at radius 1 is 1.39 bits per heavy atom. The zero-order valence-corrected chi connectivity index (χ0v) is 11.1.